The topological polar surface area (TPSA) is 99.0 Å². The normalized spacial score (nSPS) is 22.4. The molecule has 1 aromatic carbocycles. The quantitative estimate of drug-likeness (QED) is 0.785. The van der Waals surface area contributed by atoms with Crippen LogP contribution in [0.25, 0.3) is 0 Å². The van der Waals surface area contributed by atoms with Gasteiger partial charge in [0.1, 0.15) is 24.3 Å². The van der Waals surface area contributed by atoms with E-state index in [-0.39, 0.29) is 42.5 Å². The molecule has 0 bridgehead atoms. The van der Waals surface area contributed by atoms with Crippen LogP contribution in [0.4, 0.5) is 8.78 Å². The summed E-state index contributed by atoms with van der Waals surface area (Å²) in [6.07, 6.45) is 1.08. The number of nitrogens with zero attached hydrogens (tertiary/aromatic N) is 5. The summed E-state index contributed by atoms with van der Waals surface area (Å²) in [6, 6.07) is 2.59. The fourth-order valence-corrected chi connectivity index (χ4v) is 3.93. The number of hydrazine groups is 1. The van der Waals surface area contributed by atoms with Crippen LogP contribution in [0.5, 0.6) is 0 Å². The first-order valence-electron chi connectivity index (χ1n) is 9.84. The Morgan fingerprint density at radius 3 is 2.57 bits per heavy atom. The highest BCUT2D eigenvalue weighted by Crippen LogP contribution is 2.34. The second kappa shape index (κ2) is 8.42. The maximum absolute atomic E-state index is 14.9. The van der Waals surface area contributed by atoms with Gasteiger partial charge in [-0.3, -0.25) is 9.59 Å². The van der Waals surface area contributed by atoms with E-state index in [0.29, 0.717) is 43.6 Å². The third-order valence-corrected chi connectivity index (χ3v) is 5.47. The second-order valence-electron chi connectivity index (χ2n) is 7.60. The van der Waals surface area contributed by atoms with E-state index in [9.17, 15) is 18.4 Å². The SMILES string of the molecule is CC(=O)NCC1CC(c2cc(F)c(C3CCN(N4CC(=O)N=N4)CC3)c(F)c2)=NO1. The van der Waals surface area contributed by atoms with Crippen LogP contribution in [0.15, 0.2) is 27.6 Å². The van der Waals surface area contributed by atoms with Crippen LogP contribution in [-0.4, -0.2) is 59.9 Å². The van der Waals surface area contributed by atoms with Gasteiger partial charge in [0.05, 0.1) is 12.3 Å². The predicted molar refractivity (Wildman–Crippen MR) is 101 cm³/mol. The number of piperidine rings is 1. The van der Waals surface area contributed by atoms with Gasteiger partial charge in [-0.05, 0) is 30.9 Å². The molecule has 0 radical (unpaired) electrons. The van der Waals surface area contributed by atoms with Crippen LogP contribution < -0.4 is 5.32 Å². The van der Waals surface area contributed by atoms with E-state index in [2.05, 4.69) is 20.8 Å². The van der Waals surface area contributed by atoms with Gasteiger partial charge < -0.3 is 10.2 Å². The molecular formula is C19H22F2N6O3. The van der Waals surface area contributed by atoms with Crippen molar-refractivity contribution in [1.82, 2.24) is 15.4 Å². The number of hydrogen-bond donors (Lipinski definition) is 1. The zero-order valence-electron chi connectivity index (χ0n) is 16.5. The molecule has 30 heavy (non-hydrogen) atoms. The Balaban J connectivity index is 1.40. The largest absolute Gasteiger partial charge is 0.390 e. The third-order valence-electron chi connectivity index (χ3n) is 5.47. The summed E-state index contributed by atoms with van der Waals surface area (Å²) >= 11 is 0. The summed E-state index contributed by atoms with van der Waals surface area (Å²) in [5.41, 5.74) is 0.868. The van der Waals surface area contributed by atoms with Gasteiger partial charge in [0, 0.05) is 37.6 Å². The maximum Gasteiger partial charge on any atom is 0.289 e. The number of amides is 2. The van der Waals surface area contributed by atoms with Gasteiger partial charge in [0.2, 0.25) is 5.91 Å². The number of benzene rings is 1. The standard InChI is InChI=1S/C19H22F2N6O3/c1-11(28)22-9-14-8-17(24-30-14)13-6-15(20)19(16(21)7-13)12-2-4-26(5-3-12)27-10-18(29)23-25-27/h6-7,12,14H,2-5,8-10H2,1H3,(H,22,28). The number of halogens is 2. The van der Waals surface area contributed by atoms with Gasteiger partial charge in [-0.25, -0.2) is 13.8 Å². The predicted octanol–water partition coefficient (Wildman–Crippen LogP) is 1.90. The average molecular weight is 420 g/mol. The summed E-state index contributed by atoms with van der Waals surface area (Å²) in [5, 5.41) is 17.2. The molecule has 2 amide bonds. The van der Waals surface area contributed by atoms with Crippen molar-refractivity contribution in [3.63, 3.8) is 0 Å². The average Bonchev–Trinajstić information content (AvgIpc) is 3.35. The van der Waals surface area contributed by atoms with Gasteiger partial charge in [0.15, 0.2) is 0 Å². The van der Waals surface area contributed by atoms with Crippen molar-refractivity contribution in [3.8, 4) is 0 Å². The zero-order valence-corrected chi connectivity index (χ0v) is 16.5. The molecule has 0 saturated carbocycles. The van der Waals surface area contributed by atoms with Crippen molar-refractivity contribution in [2.75, 3.05) is 26.2 Å². The number of carbonyl (C=O) groups excluding carboxylic acids is 2. The highest BCUT2D eigenvalue weighted by Gasteiger charge is 2.31. The van der Waals surface area contributed by atoms with E-state index in [0.717, 1.165) is 0 Å². The molecule has 3 aliphatic heterocycles. The minimum atomic E-state index is -0.604. The minimum Gasteiger partial charge on any atom is -0.390 e. The van der Waals surface area contributed by atoms with E-state index in [1.54, 1.807) is 0 Å². The monoisotopic (exact) mass is 420 g/mol. The molecule has 0 aromatic heterocycles. The number of oxime groups is 1. The number of nitrogens with one attached hydrogen (secondary N) is 1. The van der Waals surface area contributed by atoms with E-state index >= 15 is 0 Å². The Hall–Kier alpha value is -2.95. The summed E-state index contributed by atoms with van der Waals surface area (Å²) < 4.78 is 29.7. The molecule has 1 unspecified atom stereocenters. The van der Waals surface area contributed by atoms with Gasteiger partial charge in [-0.2, -0.15) is 5.12 Å². The van der Waals surface area contributed by atoms with Crippen molar-refractivity contribution in [1.29, 1.82) is 0 Å². The zero-order chi connectivity index (χ0) is 21.3. The van der Waals surface area contributed by atoms with Crippen molar-refractivity contribution < 1.29 is 23.2 Å². The lowest BCUT2D eigenvalue weighted by atomic mass is 9.88. The molecule has 1 atom stereocenters. The molecule has 3 aliphatic rings. The lowest BCUT2D eigenvalue weighted by molar-refractivity contribution is -0.120. The summed E-state index contributed by atoms with van der Waals surface area (Å²) in [7, 11) is 0. The van der Waals surface area contributed by atoms with Crippen molar-refractivity contribution in [3.05, 3.63) is 34.9 Å². The van der Waals surface area contributed by atoms with Crippen LogP contribution in [0, 0.1) is 11.6 Å². The van der Waals surface area contributed by atoms with E-state index in [1.165, 1.54) is 24.2 Å². The Morgan fingerprint density at radius 1 is 1.27 bits per heavy atom. The molecule has 160 valence electrons. The van der Waals surface area contributed by atoms with E-state index < -0.39 is 11.6 Å². The van der Waals surface area contributed by atoms with Crippen LogP contribution in [-0.2, 0) is 14.4 Å². The van der Waals surface area contributed by atoms with Gasteiger partial charge in [-0.1, -0.05) is 15.5 Å². The fourth-order valence-electron chi connectivity index (χ4n) is 3.93. The first kappa shape index (κ1) is 20.3. The van der Waals surface area contributed by atoms with Crippen LogP contribution in [0.3, 0.4) is 0 Å². The minimum absolute atomic E-state index is 0.0758. The summed E-state index contributed by atoms with van der Waals surface area (Å²) in [6.45, 7) is 2.85. The molecule has 3 heterocycles. The molecule has 9 nitrogen and oxygen atoms in total. The Morgan fingerprint density at radius 2 is 1.97 bits per heavy atom. The first-order chi connectivity index (χ1) is 14.4. The van der Waals surface area contributed by atoms with Crippen molar-refractivity contribution in [2.45, 2.75) is 38.2 Å². The Labute approximate surface area is 171 Å². The number of hydrogen-bond acceptors (Lipinski definition) is 7. The molecule has 1 N–H and O–H groups in total. The highest BCUT2D eigenvalue weighted by atomic mass is 19.1. The van der Waals surface area contributed by atoms with E-state index in [1.807, 2.05) is 5.01 Å². The molecule has 0 spiro atoms. The van der Waals surface area contributed by atoms with Gasteiger partial charge in [-0.15, -0.1) is 0 Å². The number of rotatable bonds is 5. The van der Waals surface area contributed by atoms with Gasteiger partial charge >= 0.3 is 0 Å². The third kappa shape index (κ3) is 4.30. The molecule has 11 heteroatoms. The van der Waals surface area contributed by atoms with Crippen molar-refractivity contribution >= 4 is 17.5 Å². The number of carbonyl (C=O) groups is 2. The maximum atomic E-state index is 14.9. The summed E-state index contributed by atoms with van der Waals surface area (Å²) in [5.74, 6) is -1.96. The summed E-state index contributed by atoms with van der Waals surface area (Å²) in [4.78, 5) is 27.5. The molecule has 1 aromatic rings. The lowest BCUT2D eigenvalue weighted by Crippen LogP contribution is -2.43. The van der Waals surface area contributed by atoms with Crippen LogP contribution in [0.2, 0.25) is 0 Å². The van der Waals surface area contributed by atoms with Gasteiger partial charge in [0.25, 0.3) is 5.91 Å². The van der Waals surface area contributed by atoms with Crippen LogP contribution in [0.1, 0.15) is 43.2 Å². The van der Waals surface area contributed by atoms with Crippen molar-refractivity contribution in [2.24, 2.45) is 15.5 Å². The molecule has 4 rings (SSSR count). The lowest BCUT2D eigenvalue weighted by Gasteiger charge is -2.35. The fraction of sp³-hybridized carbons (Fsp3) is 0.526. The molecule has 0 aliphatic carbocycles. The smallest absolute Gasteiger partial charge is 0.289 e. The first-order valence-corrected chi connectivity index (χ1v) is 9.84. The molecule has 1 fully saturated rings. The second-order valence-corrected chi connectivity index (χ2v) is 7.60. The van der Waals surface area contributed by atoms with Crippen LogP contribution >= 0.6 is 0 Å². The molecular weight excluding hydrogens is 398 g/mol. The Bertz CT molecular complexity index is 891. The van der Waals surface area contributed by atoms with E-state index in [4.69, 9.17) is 4.84 Å². The Kier molecular flexibility index (Phi) is 5.71. The molecule has 1 saturated heterocycles. The highest BCUT2D eigenvalue weighted by molar-refractivity contribution is 6.01.